The number of para-hydroxylation sites is 1. The zero-order chi connectivity index (χ0) is 13.1. The Morgan fingerprint density at radius 3 is 2.47 bits per heavy atom. The summed E-state index contributed by atoms with van der Waals surface area (Å²) in [5.41, 5.74) is 9.74. The Morgan fingerprint density at radius 1 is 1.00 bits per heavy atom. The zero-order valence-electron chi connectivity index (χ0n) is 11.1. The van der Waals surface area contributed by atoms with Crippen molar-refractivity contribution in [3.63, 3.8) is 0 Å². The summed E-state index contributed by atoms with van der Waals surface area (Å²) in [7, 11) is 0. The minimum Gasteiger partial charge on any atom is -0.371 e. The fourth-order valence-corrected chi connectivity index (χ4v) is 2.86. The first-order chi connectivity index (χ1) is 9.38. The lowest BCUT2D eigenvalue weighted by molar-refractivity contribution is 0.603. The molecule has 1 aliphatic rings. The van der Waals surface area contributed by atoms with E-state index >= 15 is 0 Å². The molecule has 0 spiro atoms. The summed E-state index contributed by atoms with van der Waals surface area (Å²) in [4.78, 5) is 2.47. The first-order valence-electron chi connectivity index (χ1n) is 6.98. The minimum absolute atomic E-state index is 0.642. The van der Waals surface area contributed by atoms with Crippen molar-refractivity contribution in [3.05, 3.63) is 54.6 Å². The van der Waals surface area contributed by atoms with Crippen LogP contribution in [0.3, 0.4) is 0 Å². The average molecular weight is 252 g/mol. The summed E-state index contributed by atoms with van der Waals surface area (Å²) in [6.07, 6.45) is 1.21. The highest BCUT2D eigenvalue weighted by molar-refractivity contribution is 5.78. The van der Waals surface area contributed by atoms with Crippen LogP contribution in [0.2, 0.25) is 0 Å². The molecule has 0 aromatic heterocycles. The van der Waals surface area contributed by atoms with Gasteiger partial charge in [-0.1, -0.05) is 48.5 Å². The highest BCUT2D eigenvalue weighted by atomic mass is 15.2. The van der Waals surface area contributed by atoms with E-state index in [2.05, 4.69) is 59.5 Å². The summed E-state index contributed by atoms with van der Waals surface area (Å²) < 4.78 is 0. The lowest BCUT2D eigenvalue weighted by Crippen LogP contribution is -2.23. The van der Waals surface area contributed by atoms with E-state index in [4.69, 9.17) is 5.73 Å². The topological polar surface area (TPSA) is 29.3 Å². The Hall–Kier alpha value is -1.80. The van der Waals surface area contributed by atoms with Gasteiger partial charge in [0.1, 0.15) is 0 Å². The normalized spacial score (nSPS) is 18.8. The molecule has 98 valence electrons. The minimum atomic E-state index is 0.642. The lowest BCUT2D eigenvalue weighted by atomic mass is 10.0. The third kappa shape index (κ3) is 2.49. The summed E-state index contributed by atoms with van der Waals surface area (Å²) in [5, 5.41) is 0. The molecule has 1 atom stereocenters. The standard InChI is InChI=1S/C17H20N2/c18-12-14-10-11-19(13-14)17-9-5-4-8-16(17)15-6-2-1-3-7-15/h1-9,14H,10-13,18H2. The highest BCUT2D eigenvalue weighted by Gasteiger charge is 2.23. The average Bonchev–Trinajstić information content (AvgIpc) is 2.97. The van der Waals surface area contributed by atoms with Gasteiger partial charge in [-0.05, 0) is 30.5 Å². The third-order valence-electron chi connectivity index (χ3n) is 3.95. The van der Waals surface area contributed by atoms with E-state index in [1.165, 1.54) is 23.2 Å². The fraction of sp³-hybridized carbons (Fsp3) is 0.294. The number of anilines is 1. The molecule has 0 amide bonds. The Kier molecular flexibility index (Phi) is 3.51. The van der Waals surface area contributed by atoms with Gasteiger partial charge in [-0.3, -0.25) is 0 Å². The van der Waals surface area contributed by atoms with Gasteiger partial charge in [-0.25, -0.2) is 0 Å². The summed E-state index contributed by atoms with van der Waals surface area (Å²) in [6.45, 7) is 3.00. The largest absolute Gasteiger partial charge is 0.371 e. The summed E-state index contributed by atoms with van der Waals surface area (Å²) in [6, 6.07) is 19.3. The number of nitrogens with zero attached hydrogens (tertiary/aromatic N) is 1. The van der Waals surface area contributed by atoms with Crippen LogP contribution >= 0.6 is 0 Å². The molecule has 2 N–H and O–H groups in total. The molecule has 2 aromatic rings. The maximum atomic E-state index is 5.80. The predicted molar refractivity (Wildman–Crippen MR) is 81.3 cm³/mol. The van der Waals surface area contributed by atoms with Gasteiger partial charge in [0.25, 0.3) is 0 Å². The second-order valence-corrected chi connectivity index (χ2v) is 5.22. The first-order valence-corrected chi connectivity index (χ1v) is 6.98. The van der Waals surface area contributed by atoms with Crippen LogP contribution in [0.15, 0.2) is 54.6 Å². The number of benzene rings is 2. The summed E-state index contributed by atoms with van der Waals surface area (Å²) >= 11 is 0. The zero-order valence-corrected chi connectivity index (χ0v) is 11.1. The van der Waals surface area contributed by atoms with Crippen molar-refractivity contribution in [1.29, 1.82) is 0 Å². The van der Waals surface area contributed by atoms with Crippen molar-refractivity contribution in [3.8, 4) is 11.1 Å². The molecule has 1 aliphatic heterocycles. The van der Waals surface area contributed by atoms with E-state index in [0.29, 0.717) is 5.92 Å². The van der Waals surface area contributed by atoms with Crippen LogP contribution in [-0.4, -0.2) is 19.6 Å². The smallest absolute Gasteiger partial charge is 0.0445 e. The molecule has 3 rings (SSSR count). The molecule has 1 fully saturated rings. The molecule has 1 saturated heterocycles. The molecule has 2 aromatic carbocycles. The SMILES string of the molecule is NCC1CCN(c2ccccc2-c2ccccc2)C1. The van der Waals surface area contributed by atoms with Crippen LogP contribution in [-0.2, 0) is 0 Å². The van der Waals surface area contributed by atoms with E-state index in [9.17, 15) is 0 Å². The Labute approximate surface area is 114 Å². The number of rotatable bonds is 3. The van der Waals surface area contributed by atoms with Crippen LogP contribution in [0.5, 0.6) is 0 Å². The van der Waals surface area contributed by atoms with Crippen molar-refractivity contribution in [2.45, 2.75) is 6.42 Å². The van der Waals surface area contributed by atoms with Gasteiger partial charge in [-0.2, -0.15) is 0 Å². The molecular formula is C17H20N2. The van der Waals surface area contributed by atoms with Gasteiger partial charge in [-0.15, -0.1) is 0 Å². The van der Waals surface area contributed by atoms with Crippen molar-refractivity contribution in [1.82, 2.24) is 0 Å². The lowest BCUT2D eigenvalue weighted by Gasteiger charge is -2.22. The van der Waals surface area contributed by atoms with Gasteiger partial charge >= 0.3 is 0 Å². The van der Waals surface area contributed by atoms with Gasteiger partial charge in [0, 0.05) is 24.3 Å². The quantitative estimate of drug-likeness (QED) is 0.909. The second-order valence-electron chi connectivity index (χ2n) is 5.22. The summed E-state index contributed by atoms with van der Waals surface area (Å²) in [5.74, 6) is 0.642. The Bertz CT molecular complexity index is 536. The van der Waals surface area contributed by atoms with Crippen LogP contribution in [0.25, 0.3) is 11.1 Å². The van der Waals surface area contributed by atoms with Crippen molar-refractivity contribution in [2.75, 3.05) is 24.5 Å². The first kappa shape index (κ1) is 12.2. The molecule has 1 heterocycles. The van der Waals surface area contributed by atoms with Gasteiger partial charge < -0.3 is 10.6 Å². The Morgan fingerprint density at radius 2 is 1.74 bits per heavy atom. The van der Waals surface area contributed by atoms with E-state index < -0.39 is 0 Å². The van der Waals surface area contributed by atoms with Gasteiger partial charge in [0.2, 0.25) is 0 Å². The van der Waals surface area contributed by atoms with Crippen molar-refractivity contribution in [2.24, 2.45) is 11.7 Å². The van der Waals surface area contributed by atoms with E-state index in [0.717, 1.165) is 19.6 Å². The van der Waals surface area contributed by atoms with Crippen molar-refractivity contribution < 1.29 is 0 Å². The van der Waals surface area contributed by atoms with Crippen LogP contribution in [0.1, 0.15) is 6.42 Å². The fourth-order valence-electron chi connectivity index (χ4n) is 2.86. The molecule has 0 radical (unpaired) electrons. The van der Waals surface area contributed by atoms with Crippen LogP contribution in [0, 0.1) is 5.92 Å². The van der Waals surface area contributed by atoms with Gasteiger partial charge in [0.05, 0.1) is 0 Å². The molecule has 19 heavy (non-hydrogen) atoms. The monoisotopic (exact) mass is 252 g/mol. The molecular weight excluding hydrogens is 232 g/mol. The van der Waals surface area contributed by atoms with Gasteiger partial charge in [0.15, 0.2) is 0 Å². The molecule has 0 saturated carbocycles. The molecule has 0 aliphatic carbocycles. The number of hydrogen-bond acceptors (Lipinski definition) is 2. The highest BCUT2D eigenvalue weighted by Crippen LogP contribution is 2.33. The molecule has 1 unspecified atom stereocenters. The van der Waals surface area contributed by atoms with Crippen LogP contribution in [0.4, 0.5) is 5.69 Å². The van der Waals surface area contributed by atoms with E-state index in [1.807, 2.05) is 0 Å². The van der Waals surface area contributed by atoms with Crippen molar-refractivity contribution >= 4 is 5.69 Å². The maximum Gasteiger partial charge on any atom is 0.0445 e. The van der Waals surface area contributed by atoms with E-state index in [1.54, 1.807) is 0 Å². The van der Waals surface area contributed by atoms with Crippen LogP contribution < -0.4 is 10.6 Å². The molecule has 0 bridgehead atoms. The molecule has 2 heteroatoms. The Balaban J connectivity index is 1.95. The van der Waals surface area contributed by atoms with E-state index in [-0.39, 0.29) is 0 Å². The predicted octanol–water partition coefficient (Wildman–Crippen LogP) is 3.14. The third-order valence-corrected chi connectivity index (χ3v) is 3.95. The molecule has 2 nitrogen and oxygen atoms in total. The number of nitrogens with two attached hydrogens (primary N) is 1. The maximum absolute atomic E-state index is 5.80. The number of hydrogen-bond donors (Lipinski definition) is 1. The second kappa shape index (κ2) is 5.45.